The zero-order valence-electron chi connectivity index (χ0n) is 37.2. The highest BCUT2D eigenvalue weighted by Gasteiger charge is 2.80. The Hall–Kier alpha value is -3.10. The summed E-state index contributed by atoms with van der Waals surface area (Å²) in [6, 6.07) is 6.97. The van der Waals surface area contributed by atoms with Gasteiger partial charge in [0.2, 0.25) is 11.8 Å². The van der Waals surface area contributed by atoms with Crippen LogP contribution < -0.4 is 21.7 Å². The Balaban J connectivity index is 0.987. The van der Waals surface area contributed by atoms with Crippen LogP contribution in [-0.4, -0.2) is 117 Å². The average Bonchev–Trinajstić information content (AvgIpc) is 3.78. The van der Waals surface area contributed by atoms with Gasteiger partial charge in [-0.15, -0.1) is 0 Å². The number of halogens is 3. The lowest BCUT2D eigenvalue weighted by Gasteiger charge is -2.63. The molecule has 0 bridgehead atoms. The SMILES string of the molecule is C[C@]12C=CC(=O)C=C1[C@@H](F)C[C@H]1[C@@H]3C[C@H]4O[C@@H](c5ccc(CC6CCC(NCC(=O)[C@H](CCCCN)NC(=O)CNC(=O)CBr)CC6)cc5)O[C@@]4(C(=O)COP(=O)(O)O)[C@@]3(C)C[C@H](O)[C@@]12F. The van der Waals surface area contributed by atoms with Crippen molar-refractivity contribution in [1.29, 1.82) is 0 Å². The van der Waals surface area contributed by atoms with Gasteiger partial charge in [-0.25, -0.2) is 13.3 Å². The molecule has 1 heterocycles. The van der Waals surface area contributed by atoms with E-state index in [0.717, 1.165) is 43.7 Å². The molecule has 11 atom stereocenters. The number of aliphatic hydroxyl groups excluding tert-OH is 1. The summed E-state index contributed by atoms with van der Waals surface area (Å²) in [6.07, 6.45) is 3.43. The number of phosphoric acid groups is 1. The number of hydrogen-bond donors (Lipinski definition) is 7. The average molecular weight is 1010 g/mol. The Labute approximate surface area is 391 Å². The molecule has 1 aromatic carbocycles. The van der Waals surface area contributed by atoms with Crippen molar-refractivity contribution in [3.8, 4) is 0 Å². The van der Waals surface area contributed by atoms with E-state index in [1.165, 1.54) is 19.1 Å². The van der Waals surface area contributed by atoms with Gasteiger partial charge in [0.15, 0.2) is 34.9 Å². The van der Waals surface area contributed by atoms with Gasteiger partial charge in [-0.2, -0.15) is 0 Å². The summed E-state index contributed by atoms with van der Waals surface area (Å²) < 4.78 is 63.6. The first-order valence-electron chi connectivity index (χ1n) is 22.9. The number of hydrogen-bond acceptors (Lipinski definition) is 12. The molecule has 2 amide bonds. The molecule has 5 fully saturated rings. The van der Waals surface area contributed by atoms with Crippen LogP contribution in [0.4, 0.5) is 8.78 Å². The summed E-state index contributed by atoms with van der Waals surface area (Å²) in [4.78, 5) is 83.0. The number of carbonyl (C=O) groups excluding carboxylic acids is 5. The lowest BCUT2D eigenvalue weighted by atomic mass is 9.44. The normalized spacial score (nSPS) is 36.3. The number of phosphoric ester groups is 1. The van der Waals surface area contributed by atoms with E-state index in [1.54, 1.807) is 6.92 Å². The van der Waals surface area contributed by atoms with Crippen molar-refractivity contribution in [3.05, 3.63) is 59.2 Å². The van der Waals surface area contributed by atoms with E-state index in [1.807, 2.05) is 24.3 Å². The van der Waals surface area contributed by atoms with Crippen molar-refractivity contribution in [3.63, 3.8) is 0 Å². The quantitative estimate of drug-likeness (QED) is 0.0592. The number of ketones is 3. The van der Waals surface area contributed by atoms with Gasteiger partial charge in [0, 0.05) is 28.4 Å². The number of alkyl halides is 3. The Morgan fingerprint density at radius 3 is 2.41 bits per heavy atom. The smallest absolute Gasteiger partial charge is 0.390 e. The standard InChI is InChI=1S/C46H62BrF2N4O12P/c1-43-15-14-30(54)18-33(43)34(48)19-32-31-20-39-46(38(57)25-63-66(60,61)62,44(31,2)21-37(56)45(32,43)49)65-42(64-39)28-10-6-26(7-11-28)17-27-8-12-29(13-9-27)51-23-36(55)35(5-3-4-16-50)53-41(59)24-52-40(58)22-47/h6-7,10-11,14-15,18,27,29,31-32,34-35,37,39,42,51,56H,3-5,8-9,12-13,16-17,19-25,50H2,1-2H3,(H,52,58)(H,53,59)(H2,60,61,62)/t27?,29?,31-,32-,34-,35-,37-,39+,42+,43-,44-,45-,46+/m0/s1. The largest absolute Gasteiger partial charge is 0.470 e. The summed E-state index contributed by atoms with van der Waals surface area (Å²) in [5.74, 6) is -3.79. The number of amides is 2. The van der Waals surface area contributed by atoms with Gasteiger partial charge in [0.25, 0.3) is 0 Å². The monoisotopic (exact) mass is 1010 g/mol. The molecule has 1 saturated heterocycles. The van der Waals surface area contributed by atoms with E-state index in [0.29, 0.717) is 37.3 Å². The second kappa shape index (κ2) is 20.1. The number of allylic oxidation sites excluding steroid dienone is 4. The highest BCUT2D eigenvalue weighted by atomic mass is 79.9. The van der Waals surface area contributed by atoms with Crippen molar-refractivity contribution >= 4 is 52.9 Å². The van der Waals surface area contributed by atoms with Crippen LogP contribution in [0.5, 0.6) is 0 Å². The van der Waals surface area contributed by atoms with Crippen LogP contribution in [0, 0.1) is 28.6 Å². The van der Waals surface area contributed by atoms with Gasteiger partial charge in [0.05, 0.1) is 36.7 Å². The number of benzene rings is 1. The Kier molecular flexibility index (Phi) is 15.5. The second-order valence-corrected chi connectivity index (χ2v) is 21.2. The topological polar surface area (TPSA) is 253 Å². The molecule has 8 N–H and O–H groups in total. The zero-order valence-corrected chi connectivity index (χ0v) is 39.7. The predicted molar refractivity (Wildman–Crippen MR) is 239 cm³/mol. The molecule has 0 spiro atoms. The molecule has 0 radical (unpaired) electrons. The Morgan fingerprint density at radius 1 is 1.03 bits per heavy atom. The van der Waals surface area contributed by atoms with Gasteiger partial charge in [-0.3, -0.25) is 28.5 Å². The minimum Gasteiger partial charge on any atom is -0.390 e. The van der Waals surface area contributed by atoms with E-state index in [4.69, 9.17) is 19.7 Å². The Bertz CT molecular complexity index is 2140. The maximum absolute atomic E-state index is 17.9. The number of carbonyl (C=O) groups is 5. The van der Waals surface area contributed by atoms with Crippen LogP contribution in [0.1, 0.15) is 95.5 Å². The maximum atomic E-state index is 17.9. The molecule has 0 aromatic heterocycles. The van der Waals surface area contributed by atoms with Crippen molar-refractivity contribution in [2.75, 3.05) is 31.6 Å². The van der Waals surface area contributed by atoms with Crippen molar-refractivity contribution in [2.24, 2.45) is 34.3 Å². The molecule has 4 saturated carbocycles. The summed E-state index contributed by atoms with van der Waals surface area (Å²) in [7, 11) is -5.13. The van der Waals surface area contributed by atoms with Crippen molar-refractivity contribution < 1.29 is 66.2 Å². The molecule has 364 valence electrons. The molecule has 6 aliphatic rings. The minimum atomic E-state index is -5.13. The zero-order chi connectivity index (χ0) is 47.8. The fourth-order valence-corrected chi connectivity index (χ4v) is 12.7. The van der Waals surface area contributed by atoms with Crippen LogP contribution >= 0.6 is 23.8 Å². The molecular weight excluding hydrogens is 949 g/mol. The molecule has 66 heavy (non-hydrogen) atoms. The molecule has 1 aromatic rings. The number of Topliss-reactive ketones (excluding diaryl/α,β-unsaturated/α-hetero) is 2. The van der Waals surface area contributed by atoms with Gasteiger partial charge >= 0.3 is 7.82 Å². The number of ether oxygens (including phenoxy) is 2. The van der Waals surface area contributed by atoms with E-state index >= 15 is 8.78 Å². The van der Waals surface area contributed by atoms with Crippen LogP contribution in [0.15, 0.2) is 48.1 Å². The fraction of sp³-hybridized carbons (Fsp3) is 0.674. The Morgan fingerprint density at radius 2 is 1.74 bits per heavy atom. The molecule has 7 rings (SSSR count). The third-order valence-corrected chi connectivity index (χ3v) is 16.5. The summed E-state index contributed by atoms with van der Waals surface area (Å²) >= 11 is 3.04. The summed E-state index contributed by atoms with van der Waals surface area (Å²) in [5.41, 5.74) is -0.232. The summed E-state index contributed by atoms with van der Waals surface area (Å²) in [6.45, 7) is 2.43. The molecule has 1 aliphatic heterocycles. The van der Waals surface area contributed by atoms with Crippen LogP contribution in [-0.2, 0) is 49.0 Å². The van der Waals surface area contributed by atoms with Crippen LogP contribution in [0.3, 0.4) is 0 Å². The first-order valence-corrected chi connectivity index (χ1v) is 25.5. The molecule has 20 heteroatoms. The predicted octanol–water partition coefficient (Wildman–Crippen LogP) is 3.83. The highest BCUT2D eigenvalue weighted by Crippen LogP contribution is 2.72. The molecule has 0 unspecified atom stereocenters. The van der Waals surface area contributed by atoms with Crippen LogP contribution in [0.25, 0.3) is 0 Å². The van der Waals surface area contributed by atoms with Gasteiger partial charge in [-0.05, 0) is 119 Å². The van der Waals surface area contributed by atoms with Gasteiger partial charge in [-0.1, -0.05) is 53.2 Å². The third-order valence-electron chi connectivity index (χ3n) is 15.6. The van der Waals surface area contributed by atoms with E-state index in [9.17, 15) is 43.4 Å². The third kappa shape index (κ3) is 9.72. The minimum absolute atomic E-state index is 0.0244. The number of aliphatic hydroxyl groups is 1. The lowest BCUT2D eigenvalue weighted by molar-refractivity contribution is -0.235. The fourth-order valence-electron chi connectivity index (χ4n) is 12.2. The number of unbranched alkanes of at least 4 members (excludes halogenated alkanes) is 1. The highest BCUT2D eigenvalue weighted by molar-refractivity contribution is 9.09. The van der Waals surface area contributed by atoms with Gasteiger partial charge < -0.3 is 46.1 Å². The van der Waals surface area contributed by atoms with Crippen molar-refractivity contribution in [2.45, 2.75) is 132 Å². The first-order chi connectivity index (χ1) is 31.2. The second-order valence-electron chi connectivity index (χ2n) is 19.4. The first kappa shape index (κ1) is 50.8. The number of rotatable bonds is 19. The van der Waals surface area contributed by atoms with Crippen LogP contribution in [0.2, 0.25) is 0 Å². The number of fused-ring (bicyclic) bond motifs is 7. The summed E-state index contributed by atoms with van der Waals surface area (Å²) in [5, 5.41) is 20.6. The number of nitrogens with two attached hydrogens (primary N) is 1. The molecular formula is C46H62BrF2N4O12P. The van der Waals surface area contributed by atoms with E-state index < -0.39 is 96.6 Å². The van der Waals surface area contributed by atoms with E-state index in [2.05, 4.69) is 31.9 Å². The molecule has 5 aliphatic carbocycles. The van der Waals surface area contributed by atoms with Crippen molar-refractivity contribution in [1.82, 2.24) is 16.0 Å². The lowest BCUT2D eigenvalue weighted by Crippen LogP contribution is -2.70. The number of nitrogens with one attached hydrogen (secondary N) is 3. The molecule has 16 nitrogen and oxygen atoms in total. The van der Waals surface area contributed by atoms with Gasteiger partial charge in [0.1, 0.15) is 12.8 Å². The van der Waals surface area contributed by atoms with E-state index in [-0.39, 0.29) is 61.0 Å². The maximum Gasteiger partial charge on any atom is 0.470 e.